The predicted molar refractivity (Wildman–Crippen MR) is 120 cm³/mol. The number of hydrogen-bond donors (Lipinski definition) is 1. The number of carbonyl (C=O) groups is 1. The normalized spacial score (nSPS) is 10.9. The van der Waals surface area contributed by atoms with Crippen molar-refractivity contribution in [3.8, 4) is 22.8 Å². The molecule has 0 atom stereocenters. The third kappa shape index (κ3) is 4.93. The average Bonchev–Trinajstić information content (AvgIpc) is 3.10. The van der Waals surface area contributed by atoms with Crippen LogP contribution >= 0.6 is 0 Å². The second-order valence-corrected chi connectivity index (χ2v) is 7.52. The molecule has 160 valence electrons. The van der Waals surface area contributed by atoms with Gasteiger partial charge in [0.05, 0.1) is 14.2 Å². The van der Waals surface area contributed by atoms with Gasteiger partial charge >= 0.3 is 0 Å². The van der Waals surface area contributed by atoms with Crippen LogP contribution in [0, 0.1) is 6.92 Å². The standard InChI is InChI=1S/C24H31N3O3/c1-5-6-7-8-9-10-22(28)26-24-23(25-21-15-17(2)13-14-27(21)24)18-11-12-19(29-3)20(16-18)30-4/h11-16H,5-10H2,1-4H3,(H,26,28). The Morgan fingerprint density at radius 3 is 2.53 bits per heavy atom. The van der Waals surface area contributed by atoms with Crippen molar-refractivity contribution in [3.63, 3.8) is 0 Å². The Labute approximate surface area is 178 Å². The van der Waals surface area contributed by atoms with Crippen LogP contribution in [0.25, 0.3) is 16.9 Å². The highest BCUT2D eigenvalue weighted by Crippen LogP contribution is 2.35. The summed E-state index contributed by atoms with van der Waals surface area (Å²) in [6, 6.07) is 9.67. The van der Waals surface area contributed by atoms with E-state index < -0.39 is 0 Å². The number of anilines is 1. The molecule has 1 N–H and O–H groups in total. The first-order valence-electron chi connectivity index (χ1n) is 10.6. The molecule has 2 aromatic heterocycles. The fourth-order valence-electron chi connectivity index (χ4n) is 3.53. The van der Waals surface area contributed by atoms with E-state index >= 15 is 0 Å². The van der Waals surface area contributed by atoms with Gasteiger partial charge in [0.15, 0.2) is 11.5 Å². The highest BCUT2D eigenvalue weighted by atomic mass is 16.5. The summed E-state index contributed by atoms with van der Waals surface area (Å²) >= 11 is 0. The van der Waals surface area contributed by atoms with Crippen LogP contribution in [0.15, 0.2) is 36.5 Å². The molecule has 0 radical (unpaired) electrons. The lowest BCUT2D eigenvalue weighted by Crippen LogP contribution is -2.13. The second kappa shape index (κ2) is 10.1. The molecule has 30 heavy (non-hydrogen) atoms. The first kappa shape index (κ1) is 21.7. The number of nitrogens with one attached hydrogen (secondary N) is 1. The molecule has 0 aliphatic heterocycles. The number of methoxy groups -OCH3 is 2. The lowest BCUT2D eigenvalue weighted by Gasteiger charge is -2.11. The van der Waals surface area contributed by atoms with Crippen LogP contribution in [0.2, 0.25) is 0 Å². The van der Waals surface area contributed by atoms with E-state index in [4.69, 9.17) is 14.5 Å². The van der Waals surface area contributed by atoms with Crippen molar-refractivity contribution in [1.29, 1.82) is 0 Å². The third-order valence-electron chi connectivity index (χ3n) is 5.20. The van der Waals surface area contributed by atoms with Gasteiger partial charge in [-0.15, -0.1) is 0 Å². The molecule has 0 unspecified atom stereocenters. The highest BCUT2D eigenvalue weighted by molar-refractivity contribution is 5.94. The average molecular weight is 410 g/mol. The van der Waals surface area contributed by atoms with Gasteiger partial charge in [-0.05, 0) is 49.2 Å². The number of aromatic nitrogens is 2. The molecule has 1 aromatic carbocycles. The van der Waals surface area contributed by atoms with Gasteiger partial charge < -0.3 is 14.8 Å². The number of unbranched alkanes of at least 4 members (excludes halogenated alkanes) is 4. The monoisotopic (exact) mass is 409 g/mol. The van der Waals surface area contributed by atoms with Crippen molar-refractivity contribution in [2.75, 3.05) is 19.5 Å². The number of amides is 1. The number of benzene rings is 1. The van der Waals surface area contributed by atoms with Gasteiger partial charge in [0.1, 0.15) is 17.2 Å². The summed E-state index contributed by atoms with van der Waals surface area (Å²) in [5, 5.41) is 3.10. The molecule has 6 heteroatoms. The summed E-state index contributed by atoms with van der Waals surface area (Å²) in [5.41, 5.74) is 3.46. The smallest absolute Gasteiger partial charge is 0.225 e. The third-order valence-corrected chi connectivity index (χ3v) is 5.20. The molecule has 1 amide bonds. The molecule has 0 bridgehead atoms. The second-order valence-electron chi connectivity index (χ2n) is 7.52. The van der Waals surface area contributed by atoms with Gasteiger partial charge in [-0.1, -0.05) is 32.6 Å². The highest BCUT2D eigenvalue weighted by Gasteiger charge is 2.18. The van der Waals surface area contributed by atoms with Gasteiger partial charge in [-0.3, -0.25) is 9.20 Å². The minimum Gasteiger partial charge on any atom is -0.493 e. The summed E-state index contributed by atoms with van der Waals surface area (Å²) in [6.45, 7) is 4.22. The molecule has 0 fully saturated rings. The largest absolute Gasteiger partial charge is 0.493 e. The van der Waals surface area contributed by atoms with Crippen LogP contribution in [0.3, 0.4) is 0 Å². The quantitative estimate of drug-likeness (QED) is 0.441. The minimum absolute atomic E-state index is 0.00981. The van der Waals surface area contributed by atoms with Crippen molar-refractivity contribution in [2.24, 2.45) is 0 Å². The van der Waals surface area contributed by atoms with Crippen molar-refractivity contribution >= 4 is 17.4 Å². The van der Waals surface area contributed by atoms with Crippen LogP contribution < -0.4 is 14.8 Å². The van der Waals surface area contributed by atoms with E-state index in [-0.39, 0.29) is 5.91 Å². The van der Waals surface area contributed by atoms with Crippen LogP contribution in [-0.2, 0) is 4.79 Å². The van der Waals surface area contributed by atoms with Gasteiger partial charge in [0.25, 0.3) is 0 Å². The lowest BCUT2D eigenvalue weighted by molar-refractivity contribution is -0.116. The van der Waals surface area contributed by atoms with E-state index in [1.165, 1.54) is 19.3 Å². The summed E-state index contributed by atoms with van der Waals surface area (Å²) in [7, 11) is 3.22. The maximum absolute atomic E-state index is 12.7. The Morgan fingerprint density at radius 1 is 1.03 bits per heavy atom. The Bertz CT molecular complexity index is 1010. The predicted octanol–water partition coefficient (Wildman–Crippen LogP) is 5.63. The number of hydrogen-bond acceptors (Lipinski definition) is 4. The molecule has 0 aliphatic carbocycles. The fourth-order valence-corrected chi connectivity index (χ4v) is 3.53. The number of fused-ring (bicyclic) bond motifs is 1. The fraction of sp³-hybridized carbons (Fsp3) is 0.417. The number of pyridine rings is 1. The first-order chi connectivity index (χ1) is 14.6. The number of imidazole rings is 1. The molecule has 3 aromatic rings. The summed E-state index contributed by atoms with van der Waals surface area (Å²) in [6.07, 6.45) is 8.02. The van der Waals surface area contributed by atoms with E-state index in [1.54, 1.807) is 14.2 Å². The maximum atomic E-state index is 12.7. The number of aryl methyl sites for hydroxylation is 1. The number of ether oxygens (including phenoxy) is 2. The van der Waals surface area contributed by atoms with E-state index in [0.29, 0.717) is 29.4 Å². The van der Waals surface area contributed by atoms with Gasteiger partial charge in [0, 0.05) is 18.2 Å². The topological polar surface area (TPSA) is 64.9 Å². The molecule has 6 nitrogen and oxygen atoms in total. The molecule has 0 saturated carbocycles. The Kier molecular flexibility index (Phi) is 7.33. The molecular weight excluding hydrogens is 378 g/mol. The molecule has 0 saturated heterocycles. The van der Waals surface area contributed by atoms with E-state index in [1.807, 2.05) is 47.9 Å². The zero-order valence-electron chi connectivity index (χ0n) is 18.3. The SMILES string of the molecule is CCCCCCCC(=O)Nc1c(-c2ccc(OC)c(OC)c2)nc2cc(C)ccn12. The zero-order valence-corrected chi connectivity index (χ0v) is 18.3. The number of nitrogens with zero attached hydrogens (tertiary/aromatic N) is 2. The van der Waals surface area contributed by atoms with Crippen LogP contribution in [0.4, 0.5) is 5.82 Å². The molecular formula is C24H31N3O3. The summed E-state index contributed by atoms with van der Waals surface area (Å²) in [5.74, 6) is 1.96. The zero-order chi connectivity index (χ0) is 21.5. The van der Waals surface area contributed by atoms with E-state index in [2.05, 4.69) is 12.2 Å². The minimum atomic E-state index is 0.00981. The Morgan fingerprint density at radius 2 is 1.80 bits per heavy atom. The van der Waals surface area contributed by atoms with Crippen LogP contribution in [0.1, 0.15) is 51.0 Å². The van der Waals surface area contributed by atoms with Crippen LogP contribution in [0.5, 0.6) is 11.5 Å². The summed E-state index contributed by atoms with van der Waals surface area (Å²) in [4.78, 5) is 17.5. The van der Waals surface area contributed by atoms with Crippen molar-refractivity contribution in [3.05, 3.63) is 42.1 Å². The maximum Gasteiger partial charge on any atom is 0.225 e. The molecule has 0 spiro atoms. The van der Waals surface area contributed by atoms with Crippen LogP contribution in [-0.4, -0.2) is 29.5 Å². The number of carbonyl (C=O) groups excluding carboxylic acids is 1. The van der Waals surface area contributed by atoms with Gasteiger partial charge in [0.2, 0.25) is 5.91 Å². The molecule has 2 heterocycles. The van der Waals surface area contributed by atoms with Gasteiger partial charge in [-0.25, -0.2) is 4.98 Å². The van der Waals surface area contributed by atoms with Crippen molar-refractivity contribution in [2.45, 2.75) is 52.4 Å². The number of rotatable bonds is 10. The molecule has 0 aliphatic rings. The Hall–Kier alpha value is -3.02. The van der Waals surface area contributed by atoms with E-state index in [9.17, 15) is 4.79 Å². The molecule has 3 rings (SSSR count). The summed E-state index contributed by atoms with van der Waals surface area (Å²) < 4.78 is 12.7. The van der Waals surface area contributed by atoms with E-state index in [0.717, 1.165) is 29.6 Å². The van der Waals surface area contributed by atoms with Gasteiger partial charge in [-0.2, -0.15) is 0 Å². The first-order valence-corrected chi connectivity index (χ1v) is 10.6. The Balaban J connectivity index is 1.92. The van der Waals surface area contributed by atoms with Crippen molar-refractivity contribution in [1.82, 2.24) is 9.38 Å². The van der Waals surface area contributed by atoms with Crippen molar-refractivity contribution < 1.29 is 14.3 Å². The lowest BCUT2D eigenvalue weighted by atomic mass is 10.1.